The lowest BCUT2D eigenvalue weighted by molar-refractivity contribution is -0.121. The lowest BCUT2D eigenvalue weighted by atomic mass is 10.2. The lowest BCUT2D eigenvalue weighted by Crippen LogP contribution is -2.27. The number of amides is 1. The molecule has 102 valence electrons. The van der Waals surface area contributed by atoms with Crippen molar-refractivity contribution in [2.24, 2.45) is 0 Å². The largest absolute Gasteiger partial charge is 0.459 e. The minimum Gasteiger partial charge on any atom is -0.459 e. The van der Waals surface area contributed by atoms with Gasteiger partial charge in [-0.05, 0) is 41.4 Å². The summed E-state index contributed by atoms with van der Waals surface area (Å²) in [4.78, 5) is 12.0. The molecule has 1 atom stereocenters. The molecule has 0 radical (unpaired) electrons. The Kier molecular flexibility index (Phi) is 3.56. The molecule has 0 unspecified atom stereocenters. The second kappa shape index (κ2) is 5.51. The van der Waals surface area contributed by atoms with Gasteiger partial charge in [-0.3, -0.25) is 4.79 Å². The number of rotatable bonds is 4. The zero-order valence-electron chi connectivity index (χ0n) is 11.1. The molecule has 0 aliphatic heterocycles. The van der Waals surface area contributed by atoms with E-state index in [4.69, 9.17) is 4.42 Å². The van der Waals surface area contributed by atoms with Gasteiger partial charge >= 0.3 is 0 Å². The fourth-order valence-electron chi connectivity index (χ4n) is 2.16. The predicted octanol–water partition coefficient (Wildman–Crippen LogP) is 3.91. The molecular weight excluding hydrogens is 270 g/mol. The van der Waals surface area contributed by atoms with Gasteiger partial charge in [-0.25, -0.2) is 0 Å². The first-order chi connectivity index (χ1) is 9.72. The second-order valence-electron chi connectivity index (χ2n) is 4.78. The first kappa shape index (κ1) is 12.9. The number of hydrogen-bond acceptors (Lipinski definition) is 3. The molecule has 0 fully saturated rings. The van der Waals surface area contributed by atoms with Crippen LogP contribution in [0.3, 0.4) is 0 Å². The summed E-state index contributed by atoms with van der Waals surface area (Å²) in [5.74, 6) is 0.793. The van der Waals surface area contributed by atoms with Gasteiger partial charge in [-0.2, -0.15) is 11.3 Å². The van der Waals surface area contributed by atoms with Gasteiger partial charge in [0.25, 0.3) is 0 Å². The third-order valence-electron chi connectivity index (χ3n) is 3.19. The van der Waals surface area contributed by atoms with Crippen molar-refractivity contribution in [2.75, 3.05) is 0 Å². The quantitative estimate of drug-likeness (QED) is 0.789. The van der Waals surface area contributed by atoms with E-state index < -0.39 is 0 Å². The van der Waals surface area contributed by atoms with E-state index in [0.717, 1.165) is 22.3 Å². The Morgan fingerprint density at radius 2 is 2.20 bits per heavy atom. The highest BCUT2D eigenvalue weighted by molar-refractivity contribution is 7.07. The molecule has 0 saturated carbocycles. The molecule has 0 aliphatic rings. The minimum absolute atomic E-state index is 0.0105. The summed E-state index contributed by atoms with van der Waals surface area (Å²) in [6.07, 6.45) is 0.411. The zero-order valence-corrected chi connectivity index (χ0v) is 11.9. The number of fused-ring (bicyclic) bond motifs is 1. The monoisotopic (exact) mass is 285 g/mol. The van der Waals surface area contributed by atoms with Gasteiger partial charge in [0.15, 0.2) is 0 Å². The van der Waals surface area contributed by atoms with E-state index in [-0.39, 0.29) is 11.9 Å². The van der Waals surface area contributed by atoms with E-state index in [2.05, 4.69) is 5.32 Å². The number of nitrogens with one attached hydrogen (secondary N) is 1. The number of carbonyl (C=O) groups excluding carboxylic acids is 1. The maximum atomic E-state index is 12.0. The highest BCUT2D eigenvalue weighted by atomic mass is 32.1. The van der Waals surface area contributed by atoms with E-state index in [0.29, 0.717) is 6.42 Å². The van der Waals surface area contributed by atoms with Crippen molar-refractivity contribution in [1.82, 2.24) is 5.32 Å². The van der Waals surface area contributed by atoms with Crippen molar-refractivity contribution in [3.8, 4) is 0 Å². The topological polar surface area (TPSA) is 42.2 Å². The molecule has 1 aromatic carbocycles. The maximum Gasteiger partial charge on any atom is 0.225 e. The fraction of sp³-hybridized carbons (Fsp3) is 0.188. The van der Waals surface area contributed by atoms with Crippen LogP contribution in [-0.2, 0) is 11.2 Å². The van der Waals surface area contributed by atoms with Crippen LogP contribution in [-0.4, -0.2) is 5.91 Å². The molecule has 3 aromatic rings. The van der Waals surface area contributed by atoms with Crippen LogP contribution in [0.25, 0.3) is 11.0 Å². The first-order valence-electron chi connectivity index (χ1n) is 6.51. The summed E-state index contributed by atoms with van der Waals surface area (Å²) in [7, 11) is 0. The molecule has 3 rings (SSSR count). The van der Waals surface area contributed by atoms with Crippen LogP contribution >= 0.6 is 11.3 Å². The number of hydrogen-bond donors (Lipinski definition) is 1. The van der Waals surface area contributed by atoms with Crippen molar-refractivity contribution in [2.45, 2.75) is 19.4 Å². The van der Waals surface area contributed by atoms with Crippen molar-refractivity contribution < 1.29 is 9.21 Å². The number of thiophene rings is 1. The van der Waals surface area contributed by atoms with Crippen molar-refractivity contribution >= 4 is 28.2 Å². The van der Waals surface area contributed by atoms with Crippen LogP contribution in [0.2, 0.25) is 0 Å². The summed E-state index contributed by atoms with van der Waals surface area (Å²) < 4.78 is 5.75. The third-order valence-corrected chi connectivity index (χ3v) is 3.93. The SMILES string of the molecule is C[C@H](NC(=O)Cc1ccsc1)c1cc2ccccc2o1. The van der Waals surface area contributed by atoms with E-state index in [1.54, 1.807) is 11.3 Å². The zero-order chi connectivity index (χ0) is 13.9. The average molecular weight is 285 g/mol. The van der Waals surface area contributed by atoms with Gasteiger partial charge < -0.3 is 9.73 Å². The number of benzene rings is 1. The molecule has 2 aromatic heterocycles. The lowest BCUT2D eigenvalue weighted by Gasteiger charge is -2.10. The summed E-state index contributed by atoms with van der Waals surface area (Å²) in [5.41, 5.74) is 1.89. The summed E-state index contributed by atoms with van der Waals surface area (Å²) >= 11 is 1.60. The molecule has 0 saturated heterocycles. The Balaban J connectivity index is 1.69. The van der Waals surface area contributed by atoms with E-state index in [9.17, 15) is 4.79 Å². The first-order valence-corrected chi connectivity index (χ1v) is 7.45. The number of para-hydroxylation sites is 1. The summed E-state index contributed by atoms with van der Waals surface area (Å²) in [5, 5.41) is 7.99. The van der Waals surface area contributed by atoms with Crippen LogP contribution in [0, 0.1) is 0 Å². The molecule has 20 heavy (non-hydrogen) atoms. The molecular formula is C16H15NO2S. The predicted molar refractivity (Wildman–Crippen MR) is 80.8 cm³/mol. The molecule has 0 aliphatic carbocycles. The minimum atomic E-state index is -0.131. The highest BCUT2D eigenvalue weighted by Gasteiger charge is 2.14. The average Bonchev–Trinajstić information content (AvgIpc) is 3.06. The van der Waals surface area contributed by atoms with Crippen molar-refractivity contribution in [3.63, 3.8) is 0 Å². The van der Waals surface area contributed by atoms with Gasteiger partial charge in [0, 0.05) is 5.39 Å². The van der Waals surface area contributed by atoms with E-state index in [1.165, 1.54) is 0 Å². The Hall–Kier alpha value is -2.07. The molecule has 1 amide bonds. The van der Waals surface area contributed by atoms with E-state index >= 15 is 0 Å². The van der Waals surface area contributed by atoms with Crippen molar-refractivity contribution in [1.29, 1.82) is 0 Å². The number of carbonyl (C=O) groups is 1. The van der Waals surface area contributed by atoms with Crippen LogP contribution in [0.1, 0.15) is 24.3 Å². The molecule has 4 heteroatoms. The Bertz CT molecular complexity index is 682. The smallest absolute Gasteiger partial charge is 0.225 e. The molecule has 3 nitrogen and oxygen atoms in total. The fourth-order valence-corrected chi connectivity index (χ4v) is 2.83. The Morgan fingerprint density at radius 3 is 2.95 bits per heavy atom. The second-order valence-corrected chi connectivity index (χ2v) is 5.56. The maximum absolute atomic E-state index is 12.0. The summed E-state index contributed by atoms with van der Waals surface area (Å²) in [6, 6.07) is 11.7. The Labute approximate surface area is 121 Å². The molecule has 0 bridgehead atoms. The normalized spacial score (nSPS) is 12.4. The van der Waals surface area contributed by atoms with Crippen LogP contribution in [0.15, 0.2) is 51.6 Å². The molecule has 1 N–H and O–H groups in total. The van der Waals surface area contributed by atoms with Crippen LogP contribution < -0.4 is 5.32 Å². The standard InChI is InChI=1S/C16H15NO2S/c1-11(17-16(18)8-12-6-7-20-10-12)15-9-13-4-2-3-5-14(13)19-15/h2-7,9-11H,8H2,1H3,(H,17,18)/t11-/m0/s1. The third kappa shape index (κ3) is 2.75. The highest BCUT2D eigenvalue weighted by Crippen LogP contribution is 2.23. The van der Waals surface area contributed by atoms with Crippen molar-refractivity contribution in [3.05, 3.63) is 58.5 Å². The van der Waals surface area contributed by atoms with Gasteiger partial charge in [-0.1, -0.05) is 18.2 Å². The summed E-state index contributed by atoms with van der Waals surface area (Å²) in [6.45, 7) is 1.93. The van der Waals surface area contributed by atoms with Gasteiger partial charge in [0.1, 0.15) is 11.3 Å². The Morgan fingerprint density at radius 1 is 1.35 bits per heavy atom. The van der Waals surface area contributed by atoms with E-state index in [1.807, 2.05) is 54.1 Å². The number of furan rings is 1. The molecule has 0 spiro atoms. The van der Waals surface area contributed by atoms with Crippen LogP contribution in [0.5, 0.6) is 0 Å². The molecule has 2 heterocycles. The van der Waals surface area contributed by atoms with Crippen LogP contribution in [0.4, 0.5) is 0 Å². The van der Waals surface area contributed by atoms with Gasteiger partial charge in [0.05, 0.1) is 12.5 Å². The van der Waals surface area contributed by atoms with Gasteiger partial charge in [0.2, 0.25) is 5.91 Å². The van der Waals surface area contributed by atoms with Gasteiger partial charge in [-0.15, -0.1) is 0 Å².